The van der Waals surface area contributed by atoms with E-state index in [4.69, 9.17) is 11.6 Å². The number of hydrogen-bond acceptors (Lipinski definition) is 7. The molecule has 170 valence electrons. The molecule has 0 bridgehead atoms. The van der Waals surface area contributed by atoms with Crippen LogP contribution in [0.4, 0.5) is 19.0 Å². The van der Waals surface area contributed by atoms with Crippen molar-refractivity contribution in [3.8, 4) is 0 Å². The molecule has 3 heterocycles. The summed E-state index contributed by atoms with van der Waals surface area (Å²) in [5.74, 6) is -1.38. The van der Waals surface area contributed by atoms with Crippen molar-refractivity contribution >= 4 is 51.5 Å². The molecule has 0 aliphatic carbocycles. The van der Waals surface area contributed by atoms with Gasteiger partial charge in [0.2, 0.25) is 0 Å². The number of rotatable bonds is 6. The lowest BCUT2D eigenvalue weighted by Gasteiger charge is -2.10. The SMILES string of the molecule is C[C@@H](CC(=O)c1ccc2n[nH]nc2c1)c1ncc(C(=O)Nc2cc(C(F)(F)F)c(Cl)cn2)s1. The number of thiazole rings is 1. The van der Waals surface area contributed by atoms with E-state index < -0.39 is 22.7 Å². The van der Waals surface area contributed by atoms with Crippen LogP contribution in [0.5, 0.6) is 0 Å². The first-order valence-electron chi connectivity index (χ1n) is 9.45. The van der Waals surface area contributed by atoms with Gasteiger partial charge in [-0.15, -0.1) is 11.3 Å². The van der Waals surface area contributed by atoms with E-state index in [1.807, 2.05) is 0 Å². The number of pyridine rings is 1. The molecule has 1 atom stereocenters. The van der Waals surface area contributed by atoms with E-state index in [1.165, 1.54) is 6.20 Å². The highest BCUT2D eigenvalue weighted by atomic mass is 35.5. The number of anilines is 1. The number of fused-ring (bicyclic) bond motifs is 1. The molecule has 4 rings (SSSR count). The van der Waals surface area contributed by atoms with Crippen molar-refractivity contribution in [2.75, 3.05) is 5.32 Å². The zero-order valence-corrected chi connectivity index (χ0v) is 18.3. The predicted octanol–water partition coefficient (Wildman–Crippen LogP) is 5.11. The van der Waals surface area contributed by atoms with Gasteiger partial charge < -0.3 is 5.32 Å². The van der Waals surface area contributed by atoms with Gasteiger partial charge in [0.25, 0.3) is 5.91 Å². The van der Waals surface area contributed by atoms with E-state index >= 15 is 0 Å². The third-order valence-corrected chi connectivity index (χ3v) is 6.23. The molecule has 0 fully saturated rings. The normalized spacial score (nSPS) is 12.6. The second-order valence-corrected chi connectivity index (χ2v) is 8.59. The Balaban J connectivity index is 1.43. The number of H-pyrrole nitrogens is 1. The number of ketones is 1. The molecule has 0 radical (unpaired) electrons. The van der Waals surface area contributed by atoms with Crippen LogP contribution in [0.2, 0.25) is 5.02 Å². The predicted molar refractivity (Wildman–Crippen MR) is 116 cm³/mol. The van der Waals surface area contributed by atoms with E-state index in [2.05, 4.69) is 30.7 Å². The van der Waals surface area contributed by atoms with Crippen LogP contribution in [-0.4, -0.2) is 37.1 Å². The number of aromatic amines is 1. The highest BCUT2D eigenvalue weighted by molar-refractivity contribution is 7.13. The number of carbonyl (C=O) groups is 2. The minimum absolute atomic E-state index is 0.126. The lowest BCUT2D eigenvalue weighted by atomic mass is 10.00. The van der Waals surface area contributed by atoms with Crippen LogP contribution in [0.1, 0.15) is 49.9 Å². The number of benzene rings is 1. The minimum Gasteiger partial charge on any atom is -0.306 e. The van der Waals surface area contributed by atoms with Crippen LogP contribution >= 0.6 is 22.9 Å². The van der Waals surface area contributed by atoms with Crippen LogP contribution in [0.15, 0.2) is 36.7 Å². The quantitative estimate of drug-likeness (QED) is 0.360. The van der Waals surface area contributed by atoms with Gasteiger partial charge in [0.1, 0.15) is 21.7 Å². The maximum atomic E-state index is 13.0. The Morgan fingerprint density at radius 1 is 1.15 bits per heavy atom. The van der Waals surface area contributed by atoms with Crippen LogP contribution in [0, 0.1) is 0 Å². The van der Waals surface area contributed by atoms with Gasteiger partial charge in [-0.05, 0) is 24.3 Å². The van der Waals surface area contributed by atoms with Crippen molar-refractivity contribution in [1.29, 1.82) is 0 Å². The van der Waals surface area contributed by atoms with Crippen LogP contribution in [0.25, 0.3) is 11.0 Å². The average molecular weight is 495 g/mol. The number of aromatic nitrogens is 5. The van der Waals surface area contributed by atoms with Crippen molar-refractivity contribution < 1.29 is 22.8 Å². The maximum absolute atomic E-state index is 13.0. The van der Waals surface area contributed by atoms with Crippen molar-refractivity contribution in [3.63, 3.8) is 0 Å². The number of nitrogens with one attached hydrogen (secondary N) is 2. The summed E-state index contributed by atoms with van der Waals surface area (Å²) in [5.41, 5.74) is 0.598. The average Bonchev–Trinajstić information content (AvgIpc) is 3.43. The van der Waals surface area contributed by atoms with E-state index in [0.29, 0.717) is 27.7 Å². The molecule has 2 N–H and O–H groups in total. The van der Waals surface area contributed by atoms with E-state index in [-0.39, 0.29) is 28.8 Å². The standard InChI is InChI=1S/C20H14ClF3N6O2S/c1-9(4-15(31)10-2-3-13-14(5-10)29-30-28-13)19-26-8-16(33-19)18(32)27-17-6-11(20(22,23)24)12(21)7-25-17/h2-3,5-9H,4H2,1H3,(H,25,27,32)(H,28,29,30)/t9-/m0/s1. The monoisotopic (exact) mass is 494 g/mol. The number of nitrogens with zero attached hydrogens (tertiary/aromatic N) is 4. The molecule has 0 aliphatic rings. The fourth-order valence-corrected chi connectivity index (χ4v) is 4.09. The zero-order chi connectivity index (χ0) is 23.8. The molecule has 0 saturated heterocycles. The van der Waals surface area contributed by atoms with Gasteiger partial charge >= 0.3 is 6.18 Å². The topological polar surface area (TPSA) is 114 Å². The molecular formula is C20H14ClF3N6O2S. The summed E-state index contributed by atoms with van der Waals surface area (Å²) in [6.45, 7) is 1.80. The summed E-state index contributed by atoms with van der Waals surface area (Å²) in [6.07, 6.45) is -2.41. The van der Waals surface area contributed by atoms with Gasteiger partial charge in [-0.3, -0.25) is 9.59 Å². The Morgan fingerprint density at radius 2 is 1.91 bits per heavy atom. The van der Waals surface area contributed by atoms with Crippen LogP contribution in [0.3, 0.4) is 0 Å². The minimum atomic E-state index is -4.68. The summed E-state index contributed by atoms with van der Waals surface area (Å²) >= 11 is 6.59. The number of amides is 1. The molecule has 13 heteroatoms. The molecule has 0 spiro atoms. The molecule has 0 aliphatic heterocycles. The molecule has 1 aromatic carbocycles. The van der Waals surface area contributed by atoms with Gasteiger partial charge in [0.05, 0.1) is 21.8 Å². The number of hydrogen-bond donors (Lipinski definition) is 2. The first-order chi connectivity index (χ1) is 15.6. The van der Waals surface area contributed by atoms with E-state index in [0.717, 1.165) is 17.5 Å². The van der Waals surface area contributed by atoms with E-state index in [9.17, 15) is 22.8 Å². The number of carbonyl (C=O) groups excluding carboxylic acids is 2. The number of Topliss-reactive ketones (excluding diaryl/α,β-unsaturated/α-hetero) is 1. The summed E-state index contributed by atoms with van der Waals surface area (Å²) in [7, 11) is 0. The number of alkyl halides is 3. The summed E-state index contributed by atoms with van der Waals surface area (Å²) in [6, 6.07) is 5.66. The molecule has 33 heavy (non-hydrogen) atoms. The molecule has 8 nitrogen and oxygen atoms in total. The molecule has 0 saturated carbocycles. The van der Waals surface area contributed by atoms with Gasteiger partial charge in [0, 0.05) is 24.1 Å². The highest BCUT2D eigenvalue weighted by Crippen LogP contribution is 2.35. The number of halogens is 4. The first kappa shape index (κ1) is 22.8. The molecular weight excluding hydrogens is 481 g/mol. The Hall–Kier alpha value is -3.38. The van der Waals surface area contributed by atoms with Gasteiger partial charge in [-0.25, -0.2) is 9.97 Å². The third-order valence-electron chi connectivity index (χ3n) is 4.70. The van der Waals surface area contributed by atoms with Crippen molar-refractivity contribution in [2.45, 2.75) is 25.4 Å². The highest BCUT2D eigenvalue weighted by Gasteiger charge is 2.34. The fourth-order valence-electron chi connectivity index (χ4n) is 3.02. The molecule has 1 amide bonds. The maximum Gasteiger partial charge on any atom is 0.418 e. The largest absolute Gasteiger partial charge is 0.418 e. The Bertz CT molecular complexity index is 1350. The molecule has 4 aromatic rings. The zero-order valence-electron chi connectivity index (χ0n) is 16.8. The Labute approximate surface area is 193 Å². The van der Waals surface area contributed by atoms with Crippen LogP contribution < -0.4 is 5.32 Å². The van der Waals surface area contributed by atoms with E-state index in [1.54, 1.807) is 25.1 Å². The summed E-state index contributed by atoms with van der Waals surface area (Å²) in [4.78, 5) is 33.2. The Morgan fingerprint density at radius 3 is 2.67 bits per heavy atom. The molecule has 3 aromatic heterocycles. The van der Waals surface area contributed by atoms with Crippen molar-refractivity contribution in [1.82, 2.24) is 25.4 Å². The summed E-state index contributed by atoms with van der Waals surface area (Å²) in [5, 5.41) is 12.7. The molecule has 0 unspecified atom stereocenters. The second kappa shape index (κ2) is 8.87. The lowest BCUT2D eigenvalue weighted by molar-refractivity contribution is -0.137. The third kappa shape index (κ3) is 5.01. The summed E-state index contributed by atoms with van der Waals surface area (Å²) < 4.78 is 39.0. The van der Waals surface area contributed by atoms with Gasteiger partial charge in [-0.2, -0.15) is 28.6 Å². The second-order valence-electron chi connectivity index (χ2n) is 7.12. The van der Waals surface area contributed by atoms with Crippen molar-refractivity contribution in [3.05, 3.63) is 62.7 Å². The Kier molecular flexibility index (Phi) is 6.13. The van der Waals surface area contributed by atoms with Gasteiger partial charge in [-0.1, -0.05) is 18.5 Å². The van der Waals surface area contributed by atoms with Gasteiger partial charge in [0.15, 0.2) is 5.78 Å². The smallest absolute Gasteiger partial charge is 0.306 e. The fraction of sp³-hybridized carbons (Fsp3) is 0.200. The first-order valence-corrected chi connectivity index (χ1v) is 10.6. The van der Waals surface area contributed by atoms with Crippen molar-refractivity contribution in [2.24, 2.45) is 0 Å². The lowest BCUT2D eigenvalue weighted by Crippen LogP contribution is -2.13. The van der Waals surface area contributed by atoms with Crippen LogP contribution in [-0.2, 0) is 6.18 Å².